The second-order valence-corrected chi connectivity index (χ2v) is 7.77. The van der Waals surface area contributed by atoms with Gasteiger partial charge in [-0.2, -0.15) is 0 Å². The Morgan fingerprint density at radius 1 is 0.968 bits per heavy atom. The van der Waals surface area contributed by atoms with Gasteiger partial charge < -0.3 is 15.1 Å². The zero-order valence-corrected chi connectivity index (χ0v) is 17.8. The van der Waals surface area contributed by atoms with Crippen molar-refractivity contribution < 1.29 is 14.0 Å². The Bertz CT molecular complexity index is 1210. The molecular formula is C23H20N4O3S. The van der Waals surface area contributed by atoms with Gasteiger partial charge in [0.05, 0.1) is 17.8 Å². The van der Waals surface area contributed by atoms with Crippen LogP contribution in [0, 0.1) is 6.92 Å². The Kier molecular flexibility index (Phi) is 5.90. The van der Waals surface area contributed by atoms with Gasteiger partial charge in [-0.3, -0.25) is 9.59 Å². The van der Waals surface area contributed by atoms with E-state index in [1.807, 2.05) is 60.0 Å². The first-order valence-corrected chi connectivity index (χ1v) is 10.5. The maximum Gasteiger partial charge on any atom is 0.232 e. The van der Waals surface area contributed by atoms with E-state index in [1.165, 1.54) is 18.3 Å². The summed E-state index contributed by atoms with van der Waals surface area (Å²) in [4.78, 5) is 32.6. The van der Waals surface area contributed by atoms with Gasteiger partial charge in [0.25, 0.3) is 0 Å². The molecule has 0 radical (unpaired) electrons. The molecule has 0 spiro atoms. The van der Waals surface area contributed by atoms with Crippen LogP contribution in [-0.2, 0) is 16.0 Å². The Morgan fingerprint density at radius 3 is 2.42 bits per heavy atom. The summed E-state index contributed by atoms with van der Waals surface area (Å²) >= 11 is 1.35. The lowest BCUT2D eigenvalue weighted by molar-refractivity contribution is -0.116. The van der Waals surface area contributed by atoms with Crippen molar-refractivity contribution in [3.05, 3.63) is 71.4 Å². The third kappa shape index (κ3) is 5.04. The van der Waals surface area contributed by atoms with E-state index in [0.717, 1.165) is 22.5 Å². The van der Waals surface area contributed by atoms with Crippen LogP contribution in [-0.4, -0.2) is 21.8 Å². The first kappa shape index (κ1) is 20.5. The normalized spacial score (nSPS) is 10.6. The average molecular weight is 433 g/mol. The molecule has 0 bridgehead atoms. The molecule has 0 aliphatic heterocycles. The standard InChI is InChI=1S/C23H20N4O3S/c1-14-19(25-22(30-14)17-6-4-3-5-7-17)12-21(29)27-23-26-20(13-31-23)16-8-10-18(11-9-16)24-15(2)28/h3-11,13H,12H2,1-2H3,(H,24,28)(H,26,27,29). The molecule has 0 aliphatic rings. The van der Waals surface area contributed by atoms with Crippen LogP contribution >= 0.6 is 11.3 Å². The minimum Gasteiger partial charge on any atom is -0.441 e. The summed E-state index contributed by atoms with van der Waals surface area (Å²) in [5, 5.41) is 7.93. The number of thiazole rings is 1. The molecule has 2 N–H and O–H groups in total. The molecule has 4 rings (SSSR count). The minimum absolute atomic E-state index is 0.0997. The lowest BCUT2D eigenvalue weighted by Crippen LogP contribution is -2.15. The van der Waals surface area contributed by atoms with Crippen molar-refractivity contribution >= 4 is 34.0 Å². The number of aromatic nitrogens is 2. The number of nitrogens with zero attached hydrogens (tertiary/aromatic N) is 2. The van der Waals surface area contributed by atoms with Gasteiger partial charge in [0.1, 0.15) is 5.76 Å². The van der Waals surface area contributed by atoms with Gasteiger partial charge in [0, 0.05) is 29.1 Å². The van der Waals surface area contributed by atoms with Crippen LogP contribution in [0.15, 0.2) is 64.4 Å². The third-order valence-corrected chi connectivity index (χ3v) is 5.25. The van der Waals surface area contributed by atoms with E-state index < -0.39 is 0 Å². The first-order chi connectivity index (χ1) is 15.0. The van der Waals surface area contributed by atoms with Gasteiger partial charge in [-0.1, -0.05) is 30.3 Å². The van der Waals surface area contributed by atoms with Crippen LogP contribution < -0.4 is 10.6 Å². The molecule has 31 heavy (non-hydrogen) atoms. The molecule has 2 amide bonds. The fourth-order valence-corrected chi connectivity index (χ4v) is 3.74. The fourth-order valence-electron chi connectivity index (χ4n) is 3.00. The highest BCUT2D eigenvalue weighted by Gasteiger charge is 2.16. The van der Waals surface area contributed by atoms with E-state index in [1.54, 1.807) is 6.92 Å². The quantitative estimate of drug-likeness (QED) is 0.451. The summed E-state index contributed by atoms with van der Waals surface area (Å²) in [6.45, 7) is 3.26. The summed E-state index contributed by atoms with van der Waals surface area (Å²) in [5.41, 5.74) is 3.83. The Hall–Kier alpha value is -3.78. The molecule has 8 heteroatoms. The third-order valence-electron chi connectivity index (χ3n) is 4.49. The van der Waals surface area contributed by atoms with Gasteiger partial charge >= 0.3 is 0 Å². The molecule has 7 nitrogen and oxygen atoms in total. The summed E-state index contributed by atoms with van der Waals surface area (Å²) in [7, 11) is 0. The average Bonchev–Trinajstić information content (AvgIpc) is 3.36. The van der Waals surface area contributed by atoms with Crippen molar-refractivity contribution in [2.75, 3.05) is 10.6 Å². The first-order valence-electron chi connectivity index (χ1n) is 9.63. The number of oxazole rings is 1. The van der Waals surface area contributed by atoms with E-state index in [2.05, 4.69) is 20.6 Å². The molecule has 0 aliphatic carbocycles. The van der Waals surface area contributed by atoms with Crippen LogP contribution in [0.2, 0.25) is 0 Å². The van der Waals surface area contributed by atoms with Crippen molar-refractivity contribution in [1.29, 1.82) is 0 Å². The SMILES string of the molecule is CC(=O)Nc1ccc(-c2csc(NC(=O)Cc3nc(-c4ccccc4)oc3C)n2)cc1. The summed E-state index contributed by atoms with van der Waals surface area (Å²) in [5.74, 6) is 0.788. The molecule has 156 valence electrons. The lowest BCUT2D eigenvalue weighted by Gasteiger charge is -2.03. The van der Waals surface area contributed by atoms with E-state index in [-0.39, 0.29) is 18.2 Å². The minimum atomic E-state index is -0.210. The van der Waals surface area contributed by atoms with Crippen LogP contribution in [0.3, 0.4) is 0 Å². The Labute approximate surface area is 183 Å². The highest BCUT2D eigenvalue weighted by atomic mass is 32.1. The fraction of sp³-hybridized carbons (Fsp3) is 0.130. The van der Waals surface area contributed by atoms with Crippen LogP contribution in [0.5, 0.6) is 0 Å². The summed E-state index contributed by atoms with van der Waals surface area (Å²) in [6.07, 6.45) is 0.0997. The maximum atomic E-state index is 12.5. The zero-order chi connectivity index (χ0) is 21.8. The van der Waals surface area contributed by atoms with Crippen LogP contribution in [0.25, 0.3) is 22.7 Å². The van der Waals surface area contributed by atoms with Gasteiger partial charge in [0.2, 0.25) is 17.7 Å². The molecule has 0 fully saturated rings. The predicted octanol–water partition coefficient (Wildman–Crippen LogP) is 4.91. The number of carbonyl (C=O) groups excluding carboxylic acids is 2. The monoisotopic (exact) mass is 432 g/mol. The van der Waals surface area contributed by atoms with Crippen molar-refractivity contribution in [2.24, 2.45) is 0 Å². The molecule has 0 atom stereocenters. The maximum absolute atomic E-state index is 12.5. The van der Waals surface area contributed by atoms with Crippen molar-refractivity contribution in [1.82, 2.24) is 9.97 Å². The molecule has 2 heterocycles. The Balaban J connectivity index is 1.40. The van der Waals surface area contributed by atoms with Gasteiger partial charge in [-0.25, -0.2) is 9.97 Å². The van der Waals surface area contributed by atoms with Gasteiger partial charge in [0.15, 0.2) is 5.13 Å². The topological polar surface area (TPSA) is 97.1 Å². The number of hydrogen-bond donors (Lipinski definition) is 2. The Morgan fingerprint density at radius 2 is 1.71 bits per heavy atom. The second-order valence-electron chi connectivity index (χ2n) is 6.91. The van der Waals surface area contributed by atoms with Crippen molar-refractivity contribution in [3.63, 3.8) is 0 Å². The molecule has 2 aromatic carbocycles. The number of hydrogen-bond acceptors (Lipinski definition) is 6. The second kappa shape index (κ2) is 8.93. The molecule has 4 aromatic rings. The molecule has 0 unspecified atom stereocenters. The highest BCUT2D eigenvalue weighted by molar-refractivity contribution is 7.14. The van der Waals surface area contributed by atoms with Gasteiger partial charge in [-0.15, -0.1) is 11.3 Å². The summed E-state index contributed by atoms with van der Waals surface area (Å²) < 4.78 is 5.72. The van der Waals surface area contributed by atoms with Crippen molar-refractivity contribution in [2.45, 2.75) is 20.3 Å². The number of amides is 2. The van der Waals surface area contributed by atoms with Crippen LogP contribution in [0.4, 0.5) is 10.8 Å². The number of carbonyl (C=O) groups is 2. The zero-order valence-electron chi connectivity index (χ0n) is 17.0. The number of aryl methyl sites for hydroxylation is 1. The summed E-state index contributed by atoms with van der Waals surface area (Å²) in [6, 6.07) is 16.9. The molecule has 2 aromatic heterocycles. The van der Waals surface area contributed by atoms with E-state index >= 15 is 0 Å². The van der Waals surface area contributed by atoms with E-state index in [4.69, 9.17) is 4.42 Å². The van der Waals surface area contributed by atoms with E-state index in [9.17, 15) is 9.59 Å². The number of anilines is 2. The number of benzene rings is 2. The predicted molar refractivity (Wildman–Crippen MR) is 121 cm³/mol. The number of nitrogens with one attached hydrogen (secondary N) is 2. The molecule has 0 saturated carbocycles. The molecular weight excluding hydrogens is 412 g/mol. The smallest absolute Gasteiger partial charge is 0.232 e. The van der Waals surface area contributed by atoms with Gasteiger partial charge in [-0.05, 0) is 31.2 Å². The molecule has 0 saturated heterocycles. The van der Waals surface area contributed by atoms with Crippen molar-refractivity contribution in [3.8, 4) is 22.7 Å². The largest absolute Gasteiger partial charge is 0.441 e. The van der Waals surface area contributed by atoms with E-state index in [0.29, 0.717) is 22.5 Å². The van der Waals surface area contributed by atoms with Crippen LogP contribution in [0.1, 0.15) is 18.4 Å². The lowest BCUT2D eigenvalue weighted by atomic mass is 10.1. The highest BCUT2D eigenvalue weighted by Crippen LogP contribution is 2.26. The number of rotatable bonds is 6.